The number of nitrogens with zero attached hydrogens (tertiary/aromatic N) is 4. The average molecular weight is 314 g/mol. The van der Waals surface area contributed by atoms with E-state index in [1.165, 1.54) is 11.1 Å². The van der Waals surface area contributed by atoms with E-state index < -0.39 is 0 Å². The van der Waals surface area contributed by atoms with Gasteiger partial charge in [0.1, 0.15) is 0 Å². The van der Waals surface area contributed by atoms with Gasteiger partial charge in [0, 0.05) is 39.1 Å². The predicted octanol–water partition coefficient (Wildman–Crippen LogP) is 2.82. The first kappa shape index (κ1) is 16.1. The number of hydrogen-bond acceptors (Lipinski definition) is 5. The lowest BCUT2D eigenvalue weighted by Gasteiger charge is -2.37. The van der Waals surface area contributed by atoms with Gasteiger partial charge in [-0.05, 0) is 25.0 Å². The van der Waals surface area contributed by atoms with E-state index in [9.17, 15) is 0 Å². The summed E-state index contributed by atoms with van der Waals surface area (Å²) in [6.45, 7) is 11.7. The van der Waals surface area contributed by atoms with Crippen molar-refractivity contribution >= 4 is 0 Å². The standard InChI is InChI=1S/C18H26N4O/c1-4-17-19-18(23-20-17)15(3)22-11-9-21(10-12-22)13-16-8-6-5-7-14(16)2/h5-8,15H,4,9-13H2,1-3H3/t15-/m1/s1. The van der Waals surface area contributed by atoms with Crippen LogP contribution in [0.4, 0.5) is 0 Å². The third-order valence-corrected chi connectivity index (χ3v) is 4.77. The van der Waals surface area contributed by atoms with Gasteiger partial charge in [0.2, 0.25) is 5.89 Å². The van der Waals surface area contributed by atoms with Crippen LogP contribution >= 0.6 is 0 Å². The summed E-state index contributed by atoms with van der Waals surface area (Å²) < 4.78 is 5.39. The third kappa shape index (κ3) is 3.79. The van der Waals surface area contributed by atoms with Crippen LogP contribution in [0.1, 0.15) is 42.7 Å². The minimum Gasteiger partial charge on any atom is -0.338 e. The Morgan fingerprint density at radius 2 is 1.91 bits per heavy atom. The van der Waals surface area contributed by atoms with Crippen molar-refractivity contribution in [3.05, 3.63) is 47.1 Å². The first-order valence-electron chi connectivity index (χ1n) is 8.50. The van der Waals surface area contributed by atoms with Gasteiger partial charge < -0.3 is 4.52 Å². The highest BCUT2D eigenvalue weighted by Gasteiger charge is 2.25. The lowest BCUT2D eigenvalue weighted by atomic mass is 10.1. The Kier molecular flexibility index (Phi) is 5.08. The van der Waals surface area contributed by atoms with Crippen molar-refractivity contribution in [2.45, 2.75) is 39.8 Å². The zero-order valence-electron chi connectivity index (χ0n) is 14.3. The van der Waals surface area contributed by atoms with E-state index in [-0.39, 0.29) is 6.04 Å². The van der Waals surface area contributed by atoms with Crippen LogP contribution in [-0.4, -0.2) is 46.1 Å². The normalized spacial score (nSPS) is 18.2. The third-order valence-electron chi connectivity index (χ3n) is 4.77. The van der Waals surface area contributed by atoms with E-state index in [2.05, 4.69) is 58.1 Å². The van der Waals surface area contributed by atoms with Crippen LogP contribution < -0.4 is 0 Å². The first-order valence-corrected chi connectivity index (χ1v) is 8.50. The van der Waals surface area contributed by atoms with Gasteiger partial charge in [-0.1, -0.05) is 36.3 Å². The molecule has 0 unspecified atom stereocenters. The molecule has 0 spiro atoms. The smallest absolute Gasteiger partial charge is 0.243 e. The highest BCUT2D eigenvalue weighted by atomic mass is 16.5. The van der Waals surface area contributed by atoms with Gasteiger partial charge in [0.05, 0.1) is 6.04 Å². The maximum atomic E-state index is 5.39. The summed E-state index contributed by atoms with van der Waals surface area (Å²) in [5.41, 5.74) is 2.81. The summed E-state index contributed by atoms with van der Waals surface area (Å²) in [7, 11) is 0. The average Bonchev–Trinajstić information content (AvgIpc) is 3.06. The second-order valence-electron chi connectivity index (χ2n) is 6.32. The lowest BCUT2D eigenvalue weighted by Crippen LogP contribution is -2.46. The van der Waals surface area contributed by atoms with Gasteiger partial charge in [0.25, 0.3) is 0 Å². The van der Waals surface area contributed by atoms with Crippen molar-refractivity contribution in [3.63, 3.8) is 0 Å². The van der Waals surface area contributed by atoms with Crippen molar-refractivity contribution in [2.24, 2.45) is 0 Å². The molecule has 0 N–H and O–H groups in total. The second kappa shape index (κ2) is 7.23. The molecule has 23 heavy (non-hydrogen) atoms. The summed E-state index contributed by atoms with van der Waals surface area (Å²) in [5, 5.41) is 4.01. The summed E-state index contributed by atoms with van der Waals surface area (Å²) in [4.78, 5) is 9.43. The Morgan fingerprint density at radius 3 is 2.57 bits per heavy atom. The molecule has 5 nitrogen and oxygen atoms in total. The SMILES string of the molecule is CCc1noc([C@@H](C)N2CCN(Cc3ccccc3C)CC2)n1. The zero-order chi connectivity index (χ0) is 16.2. The van der Waals surface area contributed by atoms with E-state index in [1.807, 2.05) is 6.92 Å². The van der Waals surface area contributed by atoms with Gasteiger partial charge in [-0.25, -0.2) is 0 Å². The minimum atomic E-state index is 0.198. The fourth-order valence-electron chi connectivity index (χ4n) is 3.07. The Hall–Kier alpha value is -1.72. The molecule has 1 aromatic carbocycles. The maximum Gasteiger partial charge on any atom is 0.243 e. The molecule has 0 saturated carbocycles. The molecular formula is C18H26N4O. The van der Waals surface area contributed by atoms with E-state index >= 15 is 0 Å². The highest BCUT2D eigenvalue weighted by molar-refractivity contribution is 5.25. The molecule has 2 aromatic rings. The lowest BCUT2D eigenvalue weighted by molar-refractivity contribution is 0.0844. The number of rotatable bonds is 5. The molecule has 2 heterocycles. The van der Waals surface area contributed by atoms with Crippen molar-refractivity contribution in [2.75, 3.05) is 26.2 Å². The Morgan fingerprint density at radius 1 is 1.17 bits per heavy atom. The maximum absolute atomic E-state index is 5.39. The van der Waals surface area contributed by atoms with Crippen molar-refractivity contribution < 1.29 is 4.52 Å². The van der Waals surface area contributed by atoms with Gasteiger partial charge in [-0.15, -0.1) is 0 Å². The largest absolute Gasteiger partial charge is 0.338 e. The Labute approximate surface area is 138 Å². The Balaban J connectivity index is 1.54. The quantitative estimate of drug-likeness (QED) is 0.849. The van der Waals surface area contributed by atoms with Crippen LogP contribution in [0.25, 0.3) is 0 Å². The second-order valence-corrected chi connectivity index (χ2v) is 6.32. The molecule has 0 aliphatic carbocycles. The summed E-state index contributed by atoms with van der Waals surface area (Å²) in [6, 6.07) is 8.85. The van der Waals surface area contributed by atoms with Crippen LogP contribution in [-0.2, 0) is 13.0 Å². The monoisotopic (exact) mass is 314 g/mol. The summed E-state index contributed by atoms with van der Waals surface area (Å²) in [6.07, 6.45) is 0.820. The van der Waals surface area contributed by atoms with Crippen LogP contribution in [0.2, 0.25) is 0 Å². The molecule has 1 aliphatic rings. The number of benzene rings is 1. The Bertz CT molecular complexity index is 631. The predicted molar refractivity (Wildman–Crippen MR) is 90.1 cm³/mol. The molecule has 0 bridgehead atoms. The molecule has 0 radical (unpaired) electrons. The molecule has 1 fully saturated rings. The van der Waals surface area contributed by atoms with E-state index in [0.717, 1.165) is 50.9 Å². The van der Waals surface area contributed by atoms with Crippen molar-refractivity contribution in [1.29, 1.82) is 0 Å². The van der Waals surface area contributed by atoms with Gasteiger partial charge in [0.15, 0.2) is 5.82 Å². The van der Waals surface area contributed by atoms with Crippen LogP contribution in [0, 0.1) is 6.92 Å². The number of piperazine rings is 1. The molecular weight excluding hydrogens is 288 g/mol. The first-order chi connectivity index (χ1) is 11.2. The van der Waals surface area contributed by atoms with E-state index in [4.69, 9.17) is 4.52 Å². The van der Waals surface area contributed by atoms with E-state index in [1.54, 1.807) is 0 Å². The van der Waals surface area contributed by atoms with Gasteiger partial charge >= 0.3 is 0 Å². The van der Waals surface area contributed by atoms with Crippen LogP contribution in [0.15, 0.2) is 28.8 Å². The molecule has 5 heteroatoms. The van der Waals surface area contributed by atoms with Crippen molar-refractivity contribution in [3.8, 4) is 0 Å². The van der Waals surface area contributed by atoms with Gasteiger partial charge in [-0.2, -0.15) is 4.98 Å². The van der Waals surface area contributed by atoms with Crippen LogP contribution in [0.5, 0.6) is 0 Å². The number of aryl methyl sites for hydroxylation is 2. The molecule has 1 saturated heterocycles. The fraction of sp³-hybridized carbons (Fsp3) is 0.556. The summed E-state index contributed by atoms with van der Waals surface area (Å²) in [5.74, 6) is 1.54. The fourth-order valence-corrected chi connectivity index (χ4v) is 3.07. The van der Waals surface area contributed by atoms with Crippen molar-refractivity contribution in [1.82, 2.24) is 19.9 Å². The van der Waals surface area contributed by atoms with Crippen LogP contribution in [0.3, 0.4) is 0 Å². The topological polar surface area (TPSA) is 45.4 Å². The summed E-state index contributed by atoms with van der Waals surface area (Å²) >= 11 is 0. The molecule has 0 amide bonds. The highest BCUT2D eigenvalue weighted by Crippen LogP contribution is 2.21. The minimum absolute atomic E-state index is 0.198. The van der Waals surface area contributed by atoms with Gasteiger partial charge in [-0.3, -0.25) is 9.80 Å². The molecule has 1 aliphatic heterocycles. The molecule has 1 aromatic heterocycles. The number of hydrogen-bond donors (Lipinski definition) is 0. The molecule has 1 atom stereocenters. The zero-order valence-corrected chi connectivity index (χ0v) is 14.3. The number of aromatic nitrogens is 2. The molecule has 3 rings (SSSR count). The van der Waals surface area contributed by atoms with E-state index in [0.29, 0.717) is 0 Å². The molecule has 124 valence electrons.